The third-order valence-corrected chi connectivity index (χ3v) is 2.78. The summed E-state index contributed by atoms with van der Waals surface area (Å²) >= 11 is 6.29. The van der Waals surface area contributed by atoms with Gasteiger partial charge in [-0.25, -0.2) is 0 Å². The molecule has 0 aromatic rings. The van der Waals surface area contributed by atoms with Crippen LogP contribution in [0.4, 0.5) is 0 Å². The van der Waals surface area contributed by atoms with Crippen LogP contribution in [-0.2, 0) is 52.8 Å². The summed E-state index contributed by atoms with van der Waals surface area (Å²) in [6.45, 7) is 51.7. The minimum Gasteiger partial charge on any atom is -1.00 e. The standard InChI is InChI=1S/C6H14.2C5H8O.C4H6.2C3H8O.2C3H6O.C3H4.2C2H5Br.3C2H6O.C2H4O.4C2H6.2CH2O3.2B.Ba.2BrH.4K.3Na.3H2O.4H/c1-3-5-6-4-2;1-4-5(2,3)6;1-3-4-5(2)6;3*1-3-4-2;1-3(2)4;1-2-3-4;1-3-2;2*1-2-3;1-3-2;3*1-2-3;4*1-2;2*2-1-4-3;;;;;;;;;;;;;;;;;;;/h3-6H2,1-2H3;1,6H,2-3H3;3-4H,1-2H3;1-2H3;2*3H2,1-2H3;1-2H3;3H,2H2,1H3;1H,2H3;2*2H2,1H3;1-2H3;2*3H,2H2,1H3;2H,1H3;4*1-2H3;2*1,3H;;;;2*1H;;;;;;;;3*1H2;;;;/q;;;;;;;;;;;;;;;;;;;;;;;+2;;;7*+1;;;;4*-1/p-5/b;;4-3+;;;;;;;;;;;;;;;;;;;;;;;;;;;;;;;;;;;;;. The smallest absolute Gasteiger partial charge is 1.00 e. The number of methoxy groups -OCH3 is 3. The van der Waals surface area contributed by atoms with Crippen molar-refractivity contribution >= 4 is 169 Å². The number of unbranched alkanes of at least 4 members (excludes halogenated alkanes) is 3. The van der Waals surface area contributed by atoms with Gasteiger partial charge in [0, 0.05) is 88.8 Å². The third-order valence-electron chi connectivity index (χ3n) is 2.78. The van der Waals surface area contributed by atoms with Gasteiger partial charge in [0.05, 0.1) is 0 Å². The summed E-state index contributed by atoms with van der Waals surface area (Å²) in [5.74, 6) is 10.0. The molecular weight excluding hydrogens is 1690 g/mol. The number of hydrogen-bond donors (Lipinski definition) is 3. The van der Waals surface area contributed by atoms with Crippen molar-refractivity contribution in [2.45, 2.75) is 225 Å². The number of hydrogen-bond acceptors (Lipinski definition) is 19. The van der Waals surface area contributed by atoms with Crippen LogP contribution in [0.2, 0.25) is 0 Å². The molecule has 0 bridgehead atoms. The van der Waals surface area contributed by atoms with E-state index < -0.39 is 5.60 Å². The number of Topliss-reactive ketones (excluding diaryl/α,β-unsaturated/α-hetero) is 1. The quantitative estimate of drug-likeness (QED) is 0.0282. The molecule has 0 aromatic carbocycles. The van der Waals surface area contributed by atoms with E-state index in [0.717, 1.165) is 36.4 Å². The van der Waals surface area contributed by atoms with E-state index in [-0.39, 0.29) is 454 Å². The Balaban J connectivity index is -0.00000000854. The van der Waals surface area contributed by atoms with Gasteiger partial charge in [0.2, 0.25) is 0 Å². The fraction of sp³-hybridized carbons (Fsp3) is 0.754. The Morgan fingerprint density at radius 1 is 0.589 bits per heavy atom. The Hall–Kier alpha value is 8.77. The summed E-state index contributed by atoms with van der Waals surface area (Å²) in [4.78, 5) is 59.9. The summed E-state index contributed by atoms with van der Waals surface area (Å²) in [7, 11) is 6.61. The monoisotopic (exact) mass is 1820 g/mol. The molecule has 0 aliphatic carbocycles. The van der Waals surface area contributed by atoms with Gasteiger partial charge in [-0.3, -0.25) is 14.4 Å². The van der Waals surface area contributed by atoms with Crippen LogP contribution in [0, 0.1) is 36.5 Å². The van der Waals surface area contributed by atoms with Crippen molar-refractivity contribution in [1.82, 2.24) is 0 Å². The zero-order chi connectivity index (χ0) is 66.0. The number of ether oxygens (including phenoxy) is 3. The number of ketones is 2. The van der Waals surface area contributed by atoms with E-state index in [9.17, 15) is 14.4 Å². The molecule has 90 heavy (non-hydrogen) atoms. The number of terminal acetylenes is 2. The van der Waals surface area contributed by atoms with Gasteiger partial charge >= 0.3 is 343 Å². The SMILES string of the molecule is Br.Br.C#CC.C#CC(C)(C)O.C/C=C/C(C)=O.CC.CC.CC.CC.CC#CC.CC(C)=O.CC=O.CCBr.CCBr.CCC=O.CCCCCC.CCO.CCO.CCOC.CCOC.COC.O=CO[O-].O=CO[O-].[B].[B].[Ba+2].[H-].[H-].[H-].[H-].[K+].[K+].[K+].[K+].[Na+].[Na+].[Na+].[OH-].[OH-].[OH-]. The van der Waals surface area contributed by atoms with Crippen molar-refractivity contribution in [3.05, 3.63) is 12.2 Å². The van der Waals surface area contributed by atoms with Crippen LogP contribution >= 0.6 is 65.8 Å². The van der Waals surface area contributed by atoms with Gasteiger partial charge < -0.3 is 86.3 Å². The van der Waals surface area contributed by atoms with Gasteiger partial charge in [-0.2, -0.15) is 0 Å². The summed E-state index contributed by atoms with van der Waals surface area (Å²) in [5.41, 5.74) is -0.931. The van der Waals surface area contributed by atoms with Crippen molar-refractivity contribution in [1.29, 1.82) is 0 Å². The molecule has 0 heterocycles. The van der Waals surface area contributed by atoms with E-state index in [4.69, 9.17) is 46.6 Å². The van der Waals surface area contributed by atoms with Crippen LogP contribution in [0.1, 0.15) is 225 Å². The summed E-state index contributed by atoms with van der Waals surface area (Å²) in [6, 6.07) is 0. The first-order valence-electron chi connectivity index (χ1n) is 24.9. The molecule has 0 saturated heterocycles. The molecule has 0 aromatic heterocycles. The number of aldehydes is 2. The fourth-order valence-electron chi connectivity index (χ4n) is 0.735. The number of aliphatic hydroxyl groups is 3. The van der Waals surface area contributed by atoms with E-state index in [0.29, 0.717) is 6.42 Å². The predicted octanol–water partition coefficient (Wildman–Crippen LogP) is -8.50. The zero-order valence-corrected chi connectivity index (χ0v) is 94.9. The second kappa shape index (κ2) is 419. The second-order valence-corrected chi connectivity index (χ2v) is 12.4. The van der Waals surface area contributed by atoms with Crippen molar-refractivity contribution in [2.24, 2.45) is 0 Å². The van der Waals surface area contributed by atoms with Gasteiger partial charge in [0.1, 0.15) is 24.0 Å². The van der Waals surface area contributed by atoms with E-state index in [1.807, 2.05) is 111 Å². The first-order valence-corrected chi connectivity index (χ1v) is 27.1. The van der Waals surface area contributed by atoms with Crippen LogP contribution in [0.15, 0.2) is 12.2 Å². The average Bonchev–Trinajstić information content (AvgIpc) is 3.40. The van der Waals surface area contributed by atoms with Crippen molar-refractivity contribution in [3.63, 3.8) is 0 Å². The molecule has 0 spiro atoms. The van der Waals surface area contributed by atoms with Gasteiger partial charge in [-0.05, 0) is 103 Å². The van der Waals surface area contributed by atoms with Crippen molar-refractivity contribution in [3.8, 4) is 36.5 Å². The van der Waals surface area contributed by atoms with E-state index in [2.05, 4.69) is 99.8 Å². The number of aliphatic hydroxyl groups excluding tert-OH is 2. The maximum absolute atomic E-state index is 9.96. The molecule has 33 heteroatoms. The normalized spacial score (nSPS) is 5.29. The van der Waals surface area contributed by atoms with Gasteiger partial charge in [-0.1, -0.05) is 160 Å². The maximum atomic E-state index is 9.96. The Morgan fingerprint density at radius 2 is 0.700 bits per heavy atom. The van der Waals surface area contributed by atoms with E-state index in [1.54, 1.807) is 69.1 Å². The molecule has 0 saturated carbocycles. The average molecular weight is 1830 g/mol. The number of alkyl halides is 2. The van der Waals surface area contributed by atoms with Crippen LogP contribution in [0.3, 0.4) is 0 Å². The molecule has 6 radical (unpaired) electrons. The van der Waals surface area contributed by atoms with E-state index >= 15 is 0 Å². The minimum atomic E-state index is -0.931. The van der Waals surface area contributed by atoms with Crippen LogP contribution in [0.25, 0.3) is 0 Å². The molecule has 0 amide bonds. The Labute approximate surface area is 883 Å². The number of allylic oxidation sites excluding steroid dienone is 2. The molecule has 0 aliphatic heterocycles. The molecule has 0 rings (SSSR count). The van der Waals surface area contributed by atoms with E-state index in [1.165, 1.54) is 59.5 Å². The first kappa shape index (κ1) is 240. The fourth-order valence-corrected chi connectivity index (χ4v) is 0.735. The molecule has 0 aliphatic rings. The molecule has 0 atom stereocenters. The molecule has 0 unspecified atom stereocenters. The van der Waals surface area contributed by atoms with Crippen molar-refractivity contribution in [2.75, 3.05) is 65.5 Å². The molecule has 0 fully saturated rings. The van der Waals surface area contributed by atoms with Crippen LogP contribution in [-0.4, -0.2) is 206 Å². The minimum absolute atomic E-state index is 0. The Bertz CT molecular complexity index is 945. The van der Waals surface area contributed by atoms with Crippen LogP contribution < -0.4 is 305 Å². The largest absolute Gasteiger partial charge is 2.00 e. The number of carbonyl (C=O) groups is 6. The summed E-state index contributed by atoms with van der Waals surface area (Å²) in [5, 5.41) is 42.7. The Morgan fingerprint density at radius 3 is 0.711 bits per heavy atom. The van der Waals surface area contributed by atoms with Gasteiger partial charge in [0.25, 0.3) is 12.9 Å². The number of rotatable bonds is 9. The Kier molecular flexibility index (Phi) is 1110. The summed E-state index contributed by atoms with van der Waals surface area (Å²) < 4.78 is 13.3. The maximum Gasteiger partial charge on any atom is 2.00 e. The topological polar surface area (TPSA) is 345 Å². The number of halogens is 4. The number of carbonyl (C=O) groups excluding carboxylic acids is 6. The second-order valence-electron chi connectivity index (χ2n) is 10.1. The molecule has 6 N–H and O–H groups in total. The molecular formula is C57H135B2BaBr4K4Na3O19. The van der Waals surface area contributed by atoms with Crippen molar-refractivity contribution < 1.29 is 395 Å². The molecule has 19 nitrogen and oxygen atoms in total. The zero-order valence-electron chi connectivity index (χ0n) is 69.3. The predicted molar refractivity (Wildman–Crippen MR) is 379 cm³/mol. The van der Waals surface area contributed by atoms with Gasteiger partial charge in [0.15, 0.2) is 5.78 Å². The first-order chi connectivity index (χ1) is 35.4. The molecule has 520 valence electrons. The summed E-state index contributed by atoms with van der Waals surface area (Å²) in [6.07, 6.45) is 20.5. The van der Waals surface area contributed by atoms with Crippen LogP contribution in [0.5, 0.6) is 0 Å². The van der Waals surface area contributed by atoms with Gasteiger partial charge in [-0.15, -0.1) is 64.6 Å². The third kappa shape index (κ3) is 1570.